The number of halogens is 3. The molecular weight excluding hydrogens is 453 g/mol. The lowest BCUT2D eigenvalue weighted by Gasteiger charge is -2.30. The number of anilines is 1. The van der Waals surface area contributed by atoms with Crippen molar-refractivity contribution in [3.8, 4) is 5.75 Å². The van der Waals surface area contributed by atoms with Crippen LogP contribution >= 0.6 is 0 Å². The van der Waals surface area contributed by atoms with Gasteiger partial charge in [0.05, 0.1) is 30.4 Å². The van der Waals surface area contributed by atoms with E-state index in [9.17, 15) is 13.2 Å². The monoisotopic (exact) mass is 482 g/mol. The summed E-state index contributed by atoms with van der Waals surface area (Å²) in [7, 11) is 0. The quantitative estimate of drug-likeness (QED) is 0.593. The van der Waals surface area contributed by atoms with Crippen LogP contribution in [0.2, 0.25) is 0 Å². The average Bonchev–Trinajstić information content (AvgIpc) is 3.52. The highest BCUT2D eigenvalue weighted by molar-refractivity contribution is 6.18. The number of amidine groups is 1. The molecule has 3 saturated carbocycles. The molecule has 184 valence electrons. The summed E-state index contributed by atoms with van der Waals surface area (Å²) in [6.07, 6.45) is -0.420. The van der Waals surface area contributed by atoms with Crippen molar-refractivity contribution in [3.63, 3.8) is 0 Å². The smallest absolute Gasteiger partial charge is 0.416 e. The summed E-state index contributed by atoms with van der Waals surface area (Å²) in [5.41, 5.74) is 2.08. The van der Waals surface area contributed by atoms with Gasteiger partial charge >= 0.3 is 6.18 Å². The Morgan fingerprint density at radius 3 is 2.74 bits per heavy atom. The first-order valence-corrected chi connectivity index (χ1v) is 12.4. The van der Waals surface area contributed by atoms with Crippen LogP contribution in [0.15, 0.2) is 46.4 Å². The summed E-state index contributed by atoms with van der Waals surface area (Å²) in [6, 6.07) is 9.98. The van der Waals surface area contributed by atoms with E-state index >= 15 is 0 Å². The van der Waals surface area contributed by atoms with E-state index in [0.717, 1.165) is 48.1 Å². The summed E-state index contributed by atoms with van der Waals surface area (Å²) in [6.45, 7) is 5.54. The topological polar surface area (TPSA) is 49.2 Å². The van der Waals surface area contributed by atoms with Crippen LogP contribution in [0.4, 0.5) is 18.9 Å². The largest absolute Gasteiger partial charge is 0.493 e. The van der Waals surface area contributed by atoms with Gasteiger partial charge in [-0.1, -0.05) is 12.1 Å². The fraction of sp³-hybridized carbons (Fsp3) is 0.481. The van der Waals surface area contributed by atoms with Crippen molar-refractivity contribution >= 4 is 17.5 Å². The minimum absolute atomic E-state index is 0.225. The van der Waals surface area contributed by atoms with Crippen molar-refractivity contribution in [2.24, 2.45) is 27.7 Å². The number of nitrogens with zero attached hydrogens (tertiary/aromatic N) is 3. The highest BCUT2D eigenvalue weighted by Gasteiger charge is 2.44. The van der Waals surface area contributed by atoms with Crippen LogP contribution in [0.1, 0.15) is 54.5 Å². The lowest BCUT2D eigenvalue weighted by atomic mass is 9.83. The maximum atomic E-state index is 13.5. The molecule has 5 nitrogen and oxygen atoms in total. The fourth-order valence-corrected chi connectivity index (χ4v) is 6.16. The van der Waals surface area contributed by atoms with E-state index in [0.29, 0.717) is 29.8 Å². The summed E-state index contributed by atoms with van der Waals surface area (Å²) in [4.78, 5) is 11.3. The van der Waals surface area contributed by atoms with Crippen molar-refractivity contribution in [1.29, 1.82) is 0 Å². The minimum Gasteiger partial charge on any atom is -0.493 e. The van der Waals surface area contributed by atoms with Gasteiger partial charge in [-0.3, -0.25) is 0 Å². The number of hydrogen-bond donors (Lipinski definition) is 1. The summed E-state index contributed by atoms with van der Waals surface area (Å²) in [5, 5.41) is 3.38. The second-order valence-corrected chi connectivity index (χ2v) is 10.3. The molecule has 0 radical (unpaired) electrons. The number of aliphatic imine (C=N–C) groups is 2. The Labute approximate surface area is 203 Å². The number of guanidine groups is 1. The third-order valence-corrected chi connectivity index (χ3v) is 8.08. The molecule has 0 spiro atoms. The van der Waals surface area contributed by atoms with E-state index in [4.69, 9.17) is 9.73 Å². The standard InChI is InChI=1S/C27H29F3N4O/c1-15-21(4-3-5-23(15)27(28,29)30)16(2)32-25-22-13-20(35-14-19-12-17-10-18(19)11-17)6-7-24(22)34-9-8-31-26(34)33-25/h3-7,13,16-19H,8-12,14H2,1-2H3,(H,31,32,33)/t16-,17?,18?,19?/m1/s1. The molecule has 2 aromatic rings. The molecule has 2 aromatic carbocycles. The Balaban J connectivity index is 1.27. The first kappa shape index (κ1) is 22.4. The second kappa shape index (κ2) is 8.28. The van der Waals surface area contributed by atoms with Crippen LogP contribution < -0.4 is 15.0 Å². The van der Waals surface area contributed by atoms with Gasteiger partial charge in [0.25, 0.3) is 0 Å². The number of ether oxygens (including phenoxy) is 1. The average molecular weight is 483 g/mol. The first-order valence-electron chi connectivity index (χ1n) is 12.4. The van der Waals surface area contributed by atoms with Crippen LogP contribution in [0.5, 0.6) is 5.75 Å². The van der Waals surface area contributed by atoms with Crippen LogP contribution in [0.3, 0.4) is 0 Å². The SMILES string of the molecule is Cc1c([C@@H](C)NC2=NC3=NCCN3c3ccc(OCC4CC5CC4C5)cc32)cccc1C(F)(F)F. The third kappa shape index (κ3) is 3.96. The molecule has 2 aliphatic heterocycles. The first-order chi connectivity index (χ1) is 16.8. The number of rotatable bonds is 5. The summed E-state index contributed by atoms with van der Waals surface area (Å²) < 4.78 is 46.6. The van der Waals surface area contributed by atoms with Crippen LogP contribution in [-0.2, 0) is 6.18 Å². The molecule has 2 bridgehead atoms. The second-order valence-electron chi connectivity index (χ2n) is 10.3. The van der Waals surface area contributed by atoms with Crippen LogP contribution in [-0.4, -0.2) is 31.5 Å². The van der Waals surface area contributed by atoms with E-state index in [1.165, 1.54) is 32.3 Å². The Morgan fingerprint density at radius 2 is 2.00 bits per heavy atom. The Morgan fingerprint density at radius 1 is 1.17 bits per heavy atom. The zero-order valence-corrected chi connectivity index (χ0v) is 19.9. The number of nitrogens with one attached hydrogen (secondary N) is 1. The van der Waals surface area contributed by atoms with Crippen molar-refractivity contribution in [3.05, 3.63) is 58.7 Å². The van der Waals surface area contributed by atoms with Gasteiger partial charge < -0.3 is 15.0 Å². The molecule has 2 atom stereocenters. The molecule has 1 N–H and O–H groups in total. The lowest BCUT2D eigenvalue weighted by Crippen LogP contribution is -2.38. The van der Waals surface area contributed by atoms with E-state index in [-0.39, 0.29) is 11.6 Å². The molecule has 2 heterocycles. The van der Waals surface area contributed by atoms with E-state index in [1.54, 1.807) is 6.07 Å². The Hall–Kier alpha value is -3.03. The predicted molar refractivity (Wildman–Crippen MR) is 130 cm³/mol. The van der Waals surface area contributed by atoms with Crippen molar-refractivity contribution < 1.29 is 17.9 Å². The minimum atomic E-state index is -4.39. The molecule has 0 amide bonds. The van der Waals surface area contributed by atoms with Gasteiger partial charge in [0.2, 0.25) is 5.96 Å². The van der Waals surface area contributed by atoms with Crippen LogP contribution in [0.25, 0.3) is 0 Å². The number of fused-ring (bicyclic) bond motifs is 4. The molecular formula is C27H29F3N4O. The van der Waals surface area contributed by atoms with Crippen molar-refractivity contribution in [2.45, 2.75) is 45.3 Å². The zero-order valence-electron chi connectivity index (χ0n) is 19.9. The van der Waals surface area contributed by atoms with Gasteiger partial charge in [-0.2, -0.15) is 18.2 Å². The van der Waals surface area contributed by atoms with E-state index in [2.05, 4.69) is 15.2 Å². The normalized spacial score (nSPS) is 25.3. The summed E-state index contributed by atoms with van der Waals surface area (Å²) in [5.74, 6) is 4.39. The Kier molecular flexibility index (Phi) is 5.31. The molecule has 3 fully saturated rings. The number of alkyl halides is 3. The van der Waals surface area contributed by atoms with Crippen molar-refractivity contribution in [2.75, 3.05) is 24.6 Å². The molecule has 3 aliphatic carbocycles. The zero-order chi connectivity index (χ0) is 24.3. The third-order valence-electron chi connectivity index (χ3n) is 8.08. The van der Waals surface area contributed by atoms with Crippen LogP contribution in [0, 0.1) is 24.7 Å². The highest BCUT2D eigenvalue weighted by Crippen LogP contribution is 2.52. The fourth-order valence-electron chi connectivity index (χ4n) is 6.16. The molecule has 35 heavy (non-hydrogen) atoms. The van der Waals surface area contributed by atoms with E-state index in [1.807, 2.05) is 25.1 Å². The Bertz CT molecular complexity index is 1220. The van der Waals surface area contributed by atoms with Gasteiger partial charge in [-0.25, -0.2) is 4.99 Å². The van der Waals surface area contributed by atoms with Gasteiger partial charge in [0.15, 0.2) is 0 Å². The molecule has 0 saturated heterocycles. The molecule has 1 unspecified atom stereocenters. The molecule has 0 aromatic heterocycles. The predicted octanol–water partition coefficient (Wildman–Crippen LogP) is 5.73. The molecule has 8 heteroatoms. The molecule has 7 rings (SSSR count). The lowest BCUT2D eigenvalue weighted by molar-refractivity contribution is -0.138. The van der Waals surface area contributed by atoms with Crippen molar-refractivity contribution in [1.82, 2.24) is 5.32 Å². The highest BCUT2D eigenvalue weighted by atomic mass is 19.4. The number of hydrogen-bond acceptors (Lipinski definition) is 5. The molecule has 5 aliphatic rings. The number of benzene rings is 2. The van der Waals surface area contributed by atoms with Gasteiger partial charge in [0, 0.05) is 12.1 Å². The van der Waals surface area contributed by atoms with Gasteiger partial charge in [0.1, 0.15) is 11.6 Å². The van der Waals surface area contributed by atoms with E-state index < -0.39 is 11.7 Å². The summed E-state index contributed by atoms with van der Waals surface area (Å²) >= 11 is 0. The maximum Gasteiger partial charge on any atom is 0.416 e. The van der Waals surface area contributed by atoms with Gasteiger partial charge in [-0.05, 0) is 86.3 Å². The maximum absolute atomic E-state index is 13.5. The van der Waals surface area contributed by atoms with Gasteiger partial charge in [-0.15, -0.1) is 0 Å².